The number of hydrogen-bond acceptors (Lipinski definition) is 3. The zero-order chi connectivity index (χ0) is 22.9. The molecule has 0 spiro atoms. The van der Waals surface area contributed by atoms with E-state index in [1.807, 2.05) is 30.3 Å². The van der Waals surface area contributed by atoms with Crippen LogP contribution in [0.25, 0.3) is 0 Å². The first kappa shape index (κ1) is 22.4. The summed E-state index contributed by atoms with van der Waals surface area (Å²) in [5.74, 6) is -2.39. The zero-order valence-corrected chi connectivity index (χ0v) is 18.6. The summed E-state index contributed by atoms with van der Waals surface area (Å²) in [7, 11) is -4.53. The van der Waals surface area contributed by atoms with Gasteiger partial charge in [0.1, 0.15) is 16.5 Å². The van der Waals surface area contributed by atoms with Gasteiger partial charge in [0.15, 0.2) is 0 Å². The van der Waals surface area contributed by atoms with Crippen molar-refractivity contribution >= 4 is 44.2 Å². The minimum atomic E-state index is -4.53. The lowest BCUT2D eigenvalue weighted by atomic mass is 9.91. The summed E-state index contributed by atoms with van der Waals surface area (Å²) in [5.41, 5.74) is 2.37. The van der Waals surface area contributed by atoms with Crippen molar-refractivity contribution in [2.24, 2.45) is 9.50 Å². The van der Waals surface area contributed by atoms with Gasteiger partial charge in [-0.05, 0) is 47.0 Å². The molecule has 1 atom stereocenters. The third-order valence-corrected chi connectivity index (χ3v) is 6.77. The minimum absolute atomic E-state index is 0.214. The van der Waals surface area contributed by atoms with Crippen molar-refractivity contribution < 1.29 is 17.2 Å². The Hall–Kier alpha value is -2.81. The van der Waals surface area contributed by atoms with Gasteiger partial charge >= 0.3 is 0 Å². The fraction of sp³-hybridized carbons (Fsp3) is 0.0909. The third kappa shape index (κ3) is 4.67. The van der Waals surface area contributed by atoms with Crippen LogP contribution in [0, 0.1) is 11.6 Å². The first-order valence-electron chi connectivity index (χ1n) is 9.37. The van der Waals surface area contributed by atoms with E-state index in [9.17, 15) is 17.2 Å². The normalized spacial score (nSPS) is 16.9. The number of sulfonamides is 1. The molecule has 1 heterocycles. The molecule has 3 aromatic carbocycles. The summed E-state index contributed by atoms with van der Waals surface area (Å²) in [6.45, 7) is 0.214. The highest BCUT2D eigenvalue weighted by Gasteiger charge is 2.32. The predicted molar refractivity (Wildman–Crippen MR) is 121 cm³/mol. The Morgan fingerprint density at radius 2 is 1.72 bits per heavy atom. The molecule has 0 saturated carbocycles. The van der Waals surface area contributed by atoms with Crippen LogP contribution >= 0.6 is 23.2 Å². The van der Waals surface area contributed by atoms with Crippen molar-refractivity contribution in [3.05, 3.63) is 101 Å². The molecule has 1 unspecified atom stereocenters. The van der Waals surface area contributed by atoms with Crippen molar-refractivity contribution in [2.75, 3.05) is 6.54 Å². The molecule has 0 aromatic heterocycles. The molecule has 0 saturated heterocycles. The number of benzene rings is 3. The summed E-state index contributed by atoms with van der Waals surface area (Å²) in [4.78, 5) is -0.780. The van der Waals surface area contributed by atoms with Crippen LogP contribution in [0.2, 0.25) is 5.02 Å². The van der Waals surface area contributed by atoms with E-state index in [4.69, 9.17) is 23.2 Å². The first-order chi connectivity index (χ1) is 15.2. The summed E-state index contributed by atoms with van der Waals surface area (Å²) >= 11 is 12.2. The van der Waals surface area contributed by atoms with Gasteiger partial charge in [-0.25, -0.2) is 13.8 Å². The Labute approximate surface area is 193 Å². The molecule has 10 heteroatoms. The van der Waals surface area contributed by atoms with Gasteiger partial charge in [0, 0.05) is 17.0 Å². The monoisotopic (exact) mass is 493 g/mol. The van der Waals surface area contributed by atoms with E-state index < -0.39 is 31.8 Å². The van der Waals surface area contributed by atoms with Gasteiger partial charge in [0.2, 0.25) is 5.29 Å². The molecule has 0 radical (unpaired) electrons. The second-order valence-corrected chi connectivity index (χ2v) is 9.29. The van der Waals surface area contributed by atoms with Gasteiger partial charge in [-0.1, -0.05) is 54.1 Å². The molecule has 5 nitrogen and oxygen atoms in total. The van der Waals surface area contributed by atoms with Crippen LogP contribution in [0.5, 0.6) is 0 Å². The Bertz CT molecular complexity index is 1310. The van der Waals surface area contributed by atoms with Crippen LogP contribution in [0.3, 0.4) is 0 Å². The number of hydrogen-bond donors (Lipinski definition) is 0. The number of halogens is 4. The maximum atomic E-state index is 14.0. The zero-order valence-electron chi connectivity index (χ0n) is 16.3. The van der Waals surface area contributed by atoms with Crippen molar-refractivity contribution in [2.45, 2.75) is 10.8 Å². The summed E-state index contributed by atoms with van der Waals surface area (Å²) in [6, 6.07) is 18.6. The van der Waals surface area contributed by atoms with Gasteiger partial charge in [0.25, 0.3) is 10.0 Å². The summed E-state index contributed by atoms with van der Waals surface area (Å²) in [6.07, 6.45) is 0. The molecular formula is C22H15Cl2F2N3O2S. The standard InChI is InChI=1S/C22H15Cl2F2N3O2S/c23-16-8-6-15(7-9-16)21-18(14-4-2-1-3-5-14)13-29(27-21)22(24)28-32(30,31)20-11-10-17(25)12-19(20)26/h1-12,18H,13H2/b28-22-. The smallest absolute Gasteiger partial charge is 0.236 e. The maximum absolute atomic E-state index is 14.0. The van der Waals surface area contributed by atoms with E-state index >= 15 is 0 Å². The Morgan fingerprint density at radius 1 is 1.03 bits per heavy atom. The predicted octanol–water partition coefficient (Wildman–Crippen LogP) is 5.41. The molecule has 1 aliphatic heterocycles. The largest absolute Gasteiger partial charge is 0.288 e. The highest BCUT2D eigenvalue weighted by atomic mass is 35.5. The van der Waals surface area contributed by atoms with E-state index in [-0.39, 0.29) is 12.5 Å². The lowest BCUT2D eigenvalue weighted by Gasteiger charge is -2.15. The van der Waals surface area contributed by atoms with Crippen molar-refractivity contribution in [1.82, 2.24) is 5.01 Å². The fourth-order valence-corrected chi connectivity index (χ4v) is 4.77. The molecule has 0 bridgehead atoms. The van der Waals surface area contributed by atoms with Crippen LogP contribution in [0.15, 0.2) is 87.2 Å². The molecule has 0 fully saturated rings. The van der Waals surface area contributed by atoms with Crippen molar-refractivity contribution in [3.63, 3.8) is 0 Å². The molecule has 1 aliphatic rings. The average Bonchev–Trinajstić information content (AvgIpc) is 3.20. The molecule has 32 heavy (non-hydrogen) atoms. The maximum Gasteiger partial charge on any atom is 0.288 e. The Balaban J connectivity index is 1.72. The molecule has 3 aromatic rings. The van der Waals surface area contributed by atoms with E-state index in [0.29, 0.717) is 16.8 Å². The molecule has 0 amide bonds. The van der Waals surface area contributed by atoms with E-state index in [0.717, 1.165) is 23.3 Å². The molecule has 0 N–H and O–H groups in total. The highest BCUT2D eigenvalue weighted by Crippen LogP contribution is 2.30. The van der Waals surface area contributed by atoms with Gasteiger partial charge in [-0.3, -0.25) is 0 Å². The summed E-state index contributed by atoms with van der Waals surface area (Å²) < 4.78 is 55.7. The van der Waals surface area contributed by atoms with E-state index in [1.54, 1.807) is 24.3 Å². The van der Waals surface area contributed by atoms with Gasteiger partial charge in [-0.15, -0.1) is 4.40 Å². The van der Waals surface area contributed by atoms with Crippen LogP contribution < -0.4 is 0 Å². The molecule has 4 rings (SSSR count). The topological polar surface area (TPSA) is 62.1 Å². The number of hydrazone groups is 1. The quantitative estimate of drug-likeness (QED) is 0.277. The minimum Gasteiger partial charge on any atom is -0.236 e. The molecule has 0 aliphatic carbocycles. The number of nitrogens with zero attached hydrogens (tertiary/aromatic N) is 3. The highest BCUT2D eigenvalue weighted by molar-refractivity contribution is 7.90. The van der Waals surface area contributed by atoms with Gasteiger partial charge < -0.3 is 0 Å². The fourth-order valence-electron chi connectivity index (χ4n) is 3.32. The number of rotatable bonds is 4. The molecule has 164 valence electrons. The Morgan fingerprint density at radius 3 is 2.38 bits per heavy atom. The van der Waals surface area contributed by atoms with Gasteiger partial charge in [-0.2, -0.15) is 13.5 Å². The first-order valence-corrected chi connectivity index (χ1v) is 11.6. The van der Waals surface area contributed by atoms with Crippen LogP contribution in [-0.2, 0) is 10.0 Å². The molecular weight excluding hydrogens is 479 g/mol. The second kappa shape index (κ2) is 8.97. The van der Waals surface area contributed by atoms with Crippen LogP contribution in [0.1, 0.15) is 17.0 Å². The van der Waals surface area contributed by atoms with Crippen molar-refractivity contribution in [1.29, 1.82) is 0 Å². The SMILES string of the molecule is O=S(=O)(/N=C(/Cl)N1CC(c2ccccc2)C(c2ccc(Cl)cc2)=N1)c1ccc(F)cc1F. The lowest BCUT2D eigenvalue weighted by molar-refractivity contribution is 0.483. The van der Waals surface area contributed by atoms with E-state index in [2.05, 4.69) is 9.50 Å². The van der Waals surface area contributed by atoms with Gasteiger partial charge in [0.05, 0.1) is 12.3 Å². The third-order valence-electron chi connectivity index (χ3n) is 4.84. The second-order valence-electron chi connectivity index (χ2n) is 6.95. The van der Waals surface area contributed by atoms with Crippen LogP contribution in [-0.4, -0.2) is 31.0 Å². The van der Waals surface area contributed by atoms with Crippen molar-refractivity contribution in [3.8, 4) is 0 Å². The Kier molecular flexibility index (Phi) is 6.28. The van der Waals surface area contributed by atoms with Crippen LogP contribution in [0.4, 0.5) is 8.78 Å². The lowest BCUT2D eigenvalue weighted by Crippen LogP contribution is -2.23. The average molecular weight is 494 g/mol. The summed E-state index contributed by atoms with van der Waals surface area (Å²) in [5, 5.41) is 5.83. The van der Waals surface area contributed by atoms with E-state index in [1.165, 1.54) is 5.01 Å². The number of amidine groups is 1.